The first-order chi connectivity index (χ1) is 9.58. The lowest BCUT2D eigenvalue weighted by molar-refractivity contribution is -0.116. The van der Waals surface area contributed by atoms with Crippen LogP contribution in [0.1, 0.15) is 34.3 Å². The van der Waals surface area contributed by atoms with Gasteiger partial charge in [0.15, 0.2) is 5.78 Å². The fraction of sp³-hybridized carbons (Fsp3) is 0.125. The average molecular weight is 286 g/mol. The second kappa shape index (κ2) is 4.76. The molecule has 0 radical (unpaired) electrons. The zero-order valence-electron chi connectivity index (χ0n) is 10.8. The molecule has 1 aliphatic rings. The Labute approximate surface area is 121 Å². The van der Waals surface area contributed by atoms with Crippen molar-refractivity contribution in [2.45, 2.75) is 12.8 Å². The molecule has 0 aromatic heterocycles. The van der Waals surface area contributed by atoms with Gasteiger partial charge >= 0.3 is 0 Å². The third-order valence-corrected chi connectivity index (χ3v) is 3.81. The molecule has 1 aliphatic heterocycles. The van der Waals surface area contributed by atoms with E-state index in [2.05, 4.69) is 5.32 Å². The maximum Gasteiger partial charge on any atom is 0.231 e. The summed E-state index contributed by atoms with van der Waals surface area (Å²) in [7, 11) is 0. The van der Waals surface area contributed by atoms with E-state index in [0.29, 0.717) is 21.8 Å². The fourth-order valence-corrected chi connectivity index (χ4v) is 2.52. The van der Waals surface area contributed by atoms with Gasteiger partial charge in [-0.15, -0.1) is 0 Å². The molecule has 1 heterocycles. The zero-order chi connectivity index (χ0) is 14.3. The van der Waals surface area contributed by atoms with Crippen molar-refractivity contribution in [1.82, 2.24) is 0 Å². The highest BCUT2D eigenvalue weighted by Gasteiger charge is 2.30. The lowest BCUT2D eigenvalue weighted by Gasteiger charge is -2.07. The van der Waals surface area contributed by atoms with Crippen LogP contribution in [0, 0.1) is 0 Å². The summed E-state index contributed by atoms with van der Waals surface area (Å²) in [4.78, 5) is 24.3. The van der Waals surface area contributed by atoms with Crippen LogP contribution >= 0.6 is 11.6 Å². The minimum Gasteiger partial charge on any atom is -0.325 e. The molecule has 1 amide bonds. The van der Waals surface area contributed by atoms with Gasteiger partial charge in [0.2, 0.25) is 5.91 Å². The second-order valence-electron chi connectivity index (χ2n) is 4.82. The van der Waals surface area contributed by atoms with E-state index in [1.54, 1.807) is 36.4 Å². The van der Waals surface area contributed by atoms with Crippen LogP contribution in [-0.2, 0) is 4.79 Å². The van der Waals surface area contributed by atoms with Gasteiger partial charge in [-0.2, -0.15) is 0 Å². The summed E-state index contributed by atoms with van der Waals surface area (Å²) in [6.07, 6.45) is 0. The van der Waals surface area contributed by atoms with Crippen molar-refractivity contribution >= 4 is 29.0 Å². The number of halogens is 1. The molecule has 0 fully saturated rings. The van der Waals surface area contributed by atoms with Gasteiger partial charge < -0.3 is 5.32 Å². The minimum atomic E-state index is -0.219. The number of benzene rings is 2. The molecule has 2 aromatic carbocycles. The Hall–Kier alpha value is -2.13. The van der Waals surface area contributed by atoms with Crippen molar-refractivity contribution in [3.63, 3.8) is 0 Å². The molecule has 100 valence electrons. The van der Waals surface area contributed by atoms with Crippen LogP contribution in [0.4, 0.5) is 5.69 Å². The first-order valence-electron chi connectivity index (χ1n) is 6.32. The number of carbonyl (C=O) groups is 2. The predicted octanol–water partition coefficient (Wildman–Crippen LogP) is 3.63. The van der Waals surface area contributed by atoms with Crippen molar-refractivity contribution in [2.75, 3.05) is 5.32 Å². The monoisotopic (exact) mass is 285 g/mol. The van der Waals surface area contributed by atoms with E-state index in [1.165, 1.54) is 0 Å². The number of hydrogen-bond acceptors (Lipinski definition) is 2. The molecular formula is C16H12ClNO2. The molecule has 1 atom stereocenters. The van der Waals surface area contributed by atoms with E-state index in [4.69, 9.17) is 11.6 Å². The summed E-state index contributed by atoms with van der Waals surface area (Å²) in [6.45, 7) is 1.83. The van der Waals surface area contributed by atoms with Gasteiger partial charge in [-0.05, 0) is 42.8 Å². The van der Waals surface area contributed by atoms with Crippen molar-refractivity contribution in [3.8, 4) is 0 Å². The minimum absolute atomic E-state index is 0.0728. The molecule has 1 unspecified atom stereocenters. The molecule has 2 aromatic rings. The number of rotatable bonds is 2. The Morgan fingerprint density at radius 2 is 1.85 bits per heavy atom. The summed E-state index contributed by atoms with van der Waals surface area (Å²) < 4.78 is 0. The third-order valence-electron chi connectivity index (χ3n) is 3.56. The molecule has 20 heavy (non-hydrogen) atoms. The lowest BCUT2D eigenvalue weighted by Crippen LogP contribution is -2.10. The van der Waals surface area contributed by atoms with E-state index in [0.717, 1.165) is 5.56 Å². The van der Waals surface area contributed by atoms with E-state index in [9.17, 15) is 9.59 Å². The van der Waals surface area contributed by atoms with Crippen LogP contribution in [0.25, 0.3) is 0 Å². The molecule has 0 saturated heterocycles. The molecule has 0 saturated carbocycles. The summed E-state index contributed by atoms with van der Waals surface area (Å²) >= 11 is 5.83. The van der Waals surface area contributed by atoms with E-state index >= 15 is 0 Å². The smallest absolute Gasteiger partial charge is 0.231 e. The second-order valence-corrected chi connectivity index (χ2v) is 5.25. The standard InChI is InChI=1S/C16H12ClNO2/c1-9-12-3-2-4-13(14(12)18-16(9)20)15(19)10-5-7-11(17)8-6-10/h2-9H,1H3,(H,18,20). The highest BCUT2D eigenvalue weighted by molar-refractivity contribution is 6.30. The Balaban J connectivity index is 2.06. The number of amides is 1. The number of hydrogen-bond donors (Lipinski definition) is 1. The van der Waals surface area contributed by atoms with Gasteiger partial charge in [-0.3, -0.25) is 9.59 Å². The first kappa shape index (κ1) is 12.9. The van der Waals surface area contributed by atoms with E-state index in [1.807, 2.05) is 13.0 Å². The lowest BCUT2D eigenvalue weighted by atomic mass is 9.96. The quantitative estimate of drug-likeness (QED) is 0.857. The Bertz CT molecular complexity index is 707. The molecule has 0 bridgehead atoms. The van der Waals surface area contributed by atoms with Crippen LogP contribution in [0.3, 0.4) is 0 Å². The van der Waals surface area contributed by atoms with E-state index in [-0.39, 0.29) is 17.6 Å². The summed E-state index contributed by atoms with van der Waals surface area (Å²) in [6, 6.07) is 12.1. The van der Waals surface area contributed by atoms with Gasteiger partial charge in [0.25, 0.3) is 0 Å². The topological polar surface area (TPSA) is 46.2 Å². The number of anilines is 1. The third kappa shape index (κ3) is 2.00. The predicted molar refractivity (Wildman–Crippen MR) is 78.4 cm³/mol. The molecule has 4 heteroatoms. The van der Waals surface area contributed by atoms with Crippen LogP contribution in [-0.4, -0.2) is 11.7 Å². The Morgan fingerprint density at radius 3 is 2.55 bits per heavy atom. The van der Waals surface area contributed by atoms with Crippen molar-refractivity contribution in [1.29, 1.82) is 0 Å². The Morgan fingerprint density at radius 1 is 1.15 bits per heavy atom. The van der Waals surface area contributed by atoms with Gasteiger partial charge in [-0.25, -0.2) is 0 Å². The Kier molecular flexibility index (Phi) is 3.07. The van der Waals surface area contributed by atoms with Crippen molar-refractivity contribution < 1.29 is 9.59 Å². The van der Waals surface area contributed by atoms with Crippen LogP contribution in [0.15, 0.2) is 42.5 Å². The largest absolute Gasteiger partial charge is 0.325 e. The zero-order valence-corrected chi connectivity index (χ0v) is 11.6. The van der Waals surface area contributed by atoms with Crippen LogP contribution < -0.4 is 5.32 Å². The normalized spacial score (nSPS) is 16.7. The SMILES string of the molecule is CC1C(=O)Nc2c(C(=O)c3ccc(Cl)cc3)cccc21. The maximum atomic E-state index is 12.5. The fourth-order valence-electron chi connectivity index (χ4n) is 2.39. The van der Waals surface area contributed by atoms with Gasteiger partial charge in [-0.1, -0.05) is 23.7 Å². The van der Waals surface area contributed by atoms with Gasteiger partial charge in [0.05, 0.1) is 11.6 Å². The number of carbonyl (C=O) groups excluding carboxylic acids is 2. The molecular weight excluding hydrogens is 274 g/mol. The van der Waals surface area contributed by atoms with Crippen molar-refractivity contribution in [3.05, 3.63) is 64.2 Å². The van der Waals surface area contributed by atoms with Gasteiger partial charge in [0.1, 0.15) is 0 Å². The highest BCUT2D eigenvalue weighted by atomic mass is 35.5. The van der Waals surface area contributed by atoms with Crippen LogP contribution in [0.5, 0.6) is 0 Å². The number of para-hydroxylation sites is 1. The van der Waals surface area contributed by atoms with E-state index < -0.39 is 0 Å². The van der Waals surface area contributed by atoms with Gasteiger partial charge in [0, 0.05) is 16.1 Å². The summed E-state index contributed by atoms with van der Waals surface area (Å²) in [5.41, 5.74) is 2.57. The molecule has 3 nitrogen and oxygen atoms in total. The number of fused-ring (bicyclic) bond motifs is 1. The van der Waals surface area contributed by atoms with Crippen LogP contribution in [0.2, 0.25) is 5.02 Å². The molecule has 0 spiro atoms. The average Bonchev–Trinajstić information content (AvgIpc) is 2.74. The summed E-state index contributed by atoms with van der Waals surface area (Å²) in [5.74, 6) is -0.410. The maximum absolute atomic E-state index is 12.5. The summed E-state index contributed by atoms with van der Waals surface area (Å²) in [5, 5.41) is 3.38. The van der Waals surface area contributed by atoms with Crippen molar-refractivity contribution in [2.24, 2.45) is 0 Å². The molecule has 3 rings (SSSR count). The molecule has 1 N–H and O–H groups in total. The number of nitrogens with one attached hydrogen (secondary N) is 1. The highest BCUT2D eigenvalue weighted by Crippen LogP contribution is 2.35. The number of ketones is 1. The first-order valence-corrected chi connectivity index (χ1v) is 6.70. The molecule has 0 aliphatic carbocycles.